The van der Waals surface area contributed by atoms with Crippen molar-refractivity contribution in [2.75, 3.05) is 0 Å². The summed E-state index contributed by atoms with van der Waals surface area (Å²) in [6.07, 6.45) is 0. The van der Waals surface area contributed by atoms with Gasteiger partial charge in [-0.15, -0.1) is 11.8 Å². The van der Waals surface area contributed by atoms with Crippen molar-refractivity contribution in [3.63, 3.8) is 0 Å². The molecule has 0 heterocycles. The van der Waals surface area contributed by atoms with Gasteiger partial charge in [-0.1, -0.05) is 32.9 Å². The Hall–Kier alpha value is -1.49. The van der Waals surface area contributed by atoms with Gasteiger partial charge in [0.2, 0.25) is 5.91 Å². The standard InChI is InChI=1S/C17H26N2O2S/c1-11(2)18-16(21)19-15(20)12(3)22-14-9-7-13(8-10-14)17(4,5)6/h7-12H,1-6H3,(H2,18,19,20,21)/t12-/m0/s1. The molecule has 3 amide bonds. The van der Waals surface area contributed by atoms with Crippen LogP contribution in [-0.4, -0.2) is 23.2 Å². The van der Waals surface area contributed by atoms with E-state index in [0.29, 0.717) is 0 Å². The molecule has 1 rings (SSSR count). The molecule has 0 aromatic heterocycles. The quantitative estimate of drug-likeness (QED) is 0.831. The van der Waals surface area contributed by atoms with Gasteiger partial charge in [0, 0.05) is 10.9 Å². The van der Waals surface area contributed by atoms with Crippen LogP contribution in [0.3, 0.4) is 0 Å². The van der Waals surface area contributed by atoms with E-state index in [1.165, 1.54) is 17.3 Å². The van der Waals surface area contributed by atoms with E-state index in [1.807, 2.05) is 26.0 Å². The number of urea groups is 1. The van der Waals surface area contributed by atoms with Crippen molar-refractivity contribution in [1.82, 2.24) is 10.6 Å². The second-order valence-corrected chi connectivity index (χ2v) is 8.07. The first kappa shape index (κ1) is 18.6. The Labute approximate surface area is 137 Å². The number of amides is 3. The van der Waals surface area contributed by atoms with Crippen LogP contribution in [0.4, 0.5) is 4.79 Å². The number of nitrogens with one attached hydrogen (secondary N) is 2. The summed E-state index contributed by atoms with van der Waals surface area (Å²) in [5, 5.41) is 4.66. The fourth-order valence-electron chi connectivity index (χ4n) is 1.80. The van der Waals surface area contributed by atoms with E-state index in [-0.39, 0.29) is 22.6 Å². The smallest absolute Gasteiger partial charge is 0.321 e. The van der Waals surface area contributed by atoms with E-state index < -0.39 is 6.03 Å². The number of thioether (sulfide) groups is 1. The lowest BCUT2D eigenvalue weighted by atomic mass is 9.87. The van der Waals surface area contributed by atoms with Crippen LogP contribution in [0.5, 0.6) is 0 Å². The van der Waals surface area contributed by atoms with Gasteiger partial charge >= 0.3 is 6.03 Å². The molecule has 0 aliphatic heterocycles. The lowest BCUT2D eigenvalue weighted by molar-refractivity contribution is -0.119. The number of imide groups is 1. The molecule has 1 atom stereocenters. The van der Waals surface area contributed by atoms with Gasteiger partial charge in [-0.2, -0.15) is 0 Å². The Morgan fingerprint density at radius 2 is 1.59 bits per heavy atom. The second kappa shape index (κ2) is 7.68. The number of rotatable bonds is 4. The monoisotopic (exact) mass is 322 g/mol. The van der Waals surface area contributed by atoms with Crippen LogP contribution in [0.25, 0.3) is 0 Å². The predicted octanol–water partition coefficient (Wildman–Crippen LogP) is 3.70. The van der Waals surface area contributed by atoms with Crippen LogP contribution in [0.2, 0.25) is 0 Å². The first-order valence-corrected chi connectivity index (χ1v) is 8.36. The molecule has 0 fully saturated rings. The van der Waals surface area contributed by atoms with Crippen LogP contribution in [0.15, 0.2) is 29.2 Å². The molecular weight excluding hydrogens is 296 g/mol. The summed E-state index contributed by atoms with van der Waals surface area (Å²) in [4.78, 5) is 24.5. The summed E-state index contributed by atoms with van der Waals surface area (Å²) in [6.45, 7) is 12.0. The SMILES string of the molecule is CC(C)NC(=O)NC(=O)[C@H](C)Sc1ccc(C(C)(C)C)cc1. The van der Waals surface area contributed by atoms with Crippen molar-refractivity contribution in [3.8, 4) is 0 Å². The minimum atomic E-state index is -0.449. The largest absolute Gasteiger partial charge is 0.336 e. The van der Waals surface area contributed by atoms with Gasteiger partial charge in [-0.3, -0.25) is 10.1 Å². The van der Waals surface area contributed by atoms with Crippen molar-refractivity contribution in [2.45, 2.75) is 63.1 Å². The zero-order chi connectivity index (χ0) is 16.9. The highest BCUT2D eigenvalue weighted by Gasteiger charge is 2.18. The number of carbonyl (C=O) groups is 2. The highest BCUT2D eigenvalue weighted by Crippen LogP contribution is 2.27. The number of carbonyl (C=O) groups excluding carboxylic acids is 2. The Morgan fingerprint density at radius 1 is 1.05 bits per heavy atom. The van der Waals surface area contributed by atoms with Crippen molar-refractivity contribution < 1.29 is 9.59 Å². The van der Waals surface area contributed by atoms with Crippen LogP contribution in [-0.2, 0) is 10.2 Å². The van der Waals surface area contributed by atoms with Crippen molar-refractivity contribution in [2.24, 2.45) is 0 Å². The first-order valence-electron chi connectivity index (χ1n) is 7.48. The third-order valence-electron chi connectivity index (χ3n) is 3.06. The second-order valence-electron chi connectivity index (χ2n) is 6.65. The highest BCUT2D eigenvalue weighted by atomic mass is 32.2. The molecule has 0 radical (unpaired) electrons. The van der Waals surface area contributed by atoms with Gasteiger partial charge in [0.25, 0.3) is 0 Å². The molecular formula is C17H26N2O2S. The zero-order valence-corrected chi connectivity index (χ0v) is 15.0. The maximum atomic E-state index is 12.0. The molecule has 22 heavy (non-hydrogen) atoms. The van der Waals surface area contributed by atoms with Gasteiger partial charge in [0.15, 0.2) is 0 Å². The average Bonchev–Trinajstić information content (AvgIpc) is 2.36. The summed E-state index contributed by atoms with van der Waals surface area (Å²) in [7, 11) is 0. The fourth-order valence-corrected chi connectivity index (χ4v) is 2.67. The summed E-state index contributed by atoms with van der Waals surface area (Å²) in [5.74, 6) is -0.289. The Morgan fingerprint density at radius 3 is 2.05 bits per heavy atom. The van der Waals surface area contributed by atoms with Gasteiger partial charge in [-0.05, 0) is 43.9 Å². The summed E-state index contributed by atoms with van der Waals surface area (Å²) >= 11 is 1.44. The first-order chi connectivity index (χ1) is 10.1. The molecule has 1 aromatic rings. The van der Waals surface area contributed by atoms with Crippen molar-refractivity contribution in [3.05, 3.63) is 29.8 Å². The minimum Gasteiger partial charge on any atom is -0.336 e. The molecule has 4 nitrogen and oxygen atoms in total. The van der Waals surface area contributed by atoms with Crippen LogP contribution >= 0.6 is 11.8 Å². The zero-order valence-electron chi connectivity index (χ0n) is 14.2. The molecule has 122 valence electrons. The molecule has 0 spiro atoms. The van der Waals surface area contributed by atoms with Crippen LogP contribution < -0.4 is 10.6 Å². The molecule has 0 aliphatic rings. The van der Waals surface area contributed by atoms with Gasteiger partial charge in [0.05, 0.1) is 5.25 Å². The Balaban J connectivity index is 2.59. The third kappa shape index (κ3) is 6.10. The normalized spacial score (nSPS) is 12.9. The maximum Gasteiger partial charge on any atom is 0.321 e. The molecule has 0 unspecified atom stereocenters. The average molecular weight is 322 g/mol. The Bertz CT molecular complexity index is 518. The van der Waals surface area contributed by atoms with E-state index in [9.17, 15) is 9.59 Å². The number of hydrogen-bond donors (Lipinski definition) is 2. The highest BCUT2D eigenvalue weighted by molar-refractivity contribution is 8.00. The van der Waals surface area contributed by atoms with E-state index in [0.717, 1.165) is 4.90 Å². The van der Waals surface area contributed by atoms with Gasteiger partial charge in [0.1, 0.15) is 0 Å². The van der Waals surface area contributed by atoms with Gasteiger partial charge < -0.3 is 5.32 Å². The molecule has 0 bridgehead atoms. The maximum absolute atomic E-state index is 12.0. The van der Waals surface area contributed by atoms with E-state index >= 15 is 0 Å². The molecule has 5 heteroatoms. The number of hydrogen-bond acceptors (Lipinski definition) is 3. The lowest BCUT2D eigenvalue weighted by Crippen LogP contribution is -2.45. The molecule has 0 aliphatic carbocycles. The summed E-state index contributed by atoms with van der Waals surface area (Å²) < 4.78 is 0. The molecule has 0 saturated carbocycles. The minimum absolute atomic E-state index is 0.000650. The van der Waals surface area contributed by atoms with E-state index in [1.54, 1.807) is 6.92 Å². The molecule has 2 N–H and O–H groups in total. The third-order valence-corrected chi connectivity index (χ3v) is 4.17. The summed E-state index contributed by atoms with van der Waals surface area (Å²) in [6, 6.07) is 7.75. The molecule has 1 aromatic carbocycles. The topological polar surface area (TPSA) is 58.2 Å². The predicted molar refractivity (Wildman–Crippen MR) is 92.3 cm³/mol. The van der Waals surface area contributed by atoms with Crippen molar-refractivity contribution >= 4 is 23.7 Å². The fraction of sp³-hybridized carbons (Fsp3) is 0.529. The summed E-state index contributed by atoms with van der Waals surface area (Å²) in [5.41, 5.74) is 1.37. The van der Waals surface area contributed by atoms with Crippen LogP contribution in [0, 0.1) is 0 Å². The van der Waals surface area contributed by atoms with E-state index in [2.05, 4.69) is 43.5 Å². The van der Waals surface area contributed by atoms with Gasteiger partial charge in [-0.25, -0.2) is 4.79 Å². The Kier molecular flexibility index (Phi) is 6.48. The van der Waals surface area contributed by atoms with E-state index in [4.69, 9.17) is 0 Å². The lowest BCUT2D eigenvalue weighted by Gasteiger charge is -2.19. The number of benzene rings is 1. The molecule has 0 saturated heterocycles. The van der Waals surface area contributed by atoms with Crippen molar-refractivity contribution in [1.29, 1.82) is 0 Å². The van der Waals surface area contributed by atoms with Crippen LogP contribution in [0.1, 0.15) is 47.1 Å².